The molecule has 2 aliphatic rings. The Bertz CT molecular complexity index is 1350. The van der Waals surface area contributed by atoms with E-state index in [1.807, 2.05) is 0 Å². The monoisotopic (exact) mass is 642 g/mol. The van der Waals surface area contributed by atoms with E-state index in [1.54, 1.807) is 13.8 Å². The normalized spacial score (nSPS) is 19.0. The molecule has 7 nitrogen and oxygen atoms in total. The lowest BCUT2D eigenvalue weighted by atomic mass is 9.87. The van der Waals surface area contributed by atoms with E-state index in [-0.39, 0.29) is 29.7 Å². The van der Waals surface area contributed by atoms with Crippen LogP contribution in [0.2, 0.25) is 0 Å². The Hall–Kier alpha value is -3.85. The van der Waals surface area contributed by atoms with E-state index < -0.39 is 78.1 Å². The van der Waals surface area contributed by atoms with Gasteiger partial charge in [0, 0.05) is 18.2 Å². The average molecular weight is 643 g/mol. The number of hydrogen-bond donors (Lipinski definition) is 0. The van der Waals surface area contributed by atoms with E-state index in [0.29, 0.717) is 25.0 Å². The molecule has 1 aliphatic heterocycles. The van der Waals surface area contributed by atoms with Crippen molar-refractivity contribution in [2.45, 2.75) is 76.6 Å². The third-order valence-electron chi connectivity index (χ3n) is 7.13. The van der Waals surface area contributed by atoms with Gasteiger partial charge in [0.05, 0.1) is 36.1 Å². The standard InChI is InChI=1S/C28H27F9N2O5/c1-14(2)43-25(41)39-21-7-6-19(44-28(35,36)37)11-20(21)23(12-22(39)16-4-5-16)38(24(40)42-3)13-15-8-17(26(29,30)31)10-18(9-15)27(32,33)34/h6-11,14,16,22-23H,4-5,12-13H2,1-3H3. The molecular formula is C28H27F9N2O5. The fourth-order valence-electron chi connectivity index (χ4n) is 5.25. The molecule has 0 radical (unpaired) electrons. The molecule has 1 saturated carbocycles. The summed E-state index contributed by atoms with van der Waals surface area (Å²) in [5.74, 6) is -0.854. The second-order valence-electron chi connectivity index (χ2n) is 10.7. The van der Waals surface area contributed by atoms with E-state index in [9.17, 15) is 49.1 Å². The van der Waals surface area contributed by atoms with Gasteiger partial charge in [-0.15, -0.1) is 13.2 Å². The molecule has 242 valence electrons. The molecule has 0 N–H and O–H groups in total. The molecule has 2 unspecified atom stereocenters. The maximum absolute atomic E-state index is 13.6. The Labute approximate surface area is 245 Å². The predicted molar refractivity (Wildman–Crippen MR) is 135 cm³/mol. The largest absolute Gasteiger partial charge is 0.573 e. The highest BCUT2D eigenvalue weighted by atomic mass is 19.4. The number of carbonyl (C=O) groups excluding carboxylic acids is 2. The van der Waals surface area contributed by atoms with Gasteiger partial charge in [0.2, 0.25) is 0 Å². The van der Waals surface area contributed by atoms with Crippen molar-refractivity contribution < 1.29 is 63.3 Å². The number of amides is 2. The Morgan fingerprint density at radius 2 is 1.52 bits per heavy atom. The number of anilines is 1. The smallest absolute Gasteiger partial charge is 0.453 e. The Morgan fingerprint density at radius 3 is 2.00 bits per heavy atom. The summed E-state index contributed by atoms with van der Waals surface area (Å²) in [5, 5.41) is 0. The van der Waals surface area contributed by atoms with Gasteiger partial charge in [-0.2, -0.15) is 26.3 Å². The van der Waals surface area contributed by atoms with Crippen molar-refractivity contribution in [3.63, 3.8) is 0 Å². The molecule has 0 bridgehead atoms. The minimum Gasteiger partial charge on any atom is -0.453 e. The van der Waals surface area contributed by atoms with Gasteiger partial charge >= 0.3 is 30.9 Å². The minimum absolute atomic E-state index is 0.0345. The molecule has 1 aliphatic carbocycles. The third-order valence-corrected chi connectivity index (χ3v) is 7.13. The highest BCUT2D eigenvalue weighted by molar-refractivity contribution is 5.91. The molecule has 44 heavy (non-hydrogen) atoms. The number of benzene rings is 2. The highest BCUT2D eigenvalue weighted by Crippen LogP contribution is 2.50. The van der Waals surface area contributed by atoms with Crippen LogP contribution in [0, 0.1) is 5.92 Å². The molecule has 2 atom stereocenters. The fraction of sp³-hybridized carbons (Fsp3) is 0.500. The van der Waals surface area contributed by atoms with Crippen molar-refractivity contribution >= 4 is 17.9 Å². The van der Waals surface area contributed by atoms with E-state index >= 15 is 0 Å². The van der Waals surface area contributed by atoms with E-state index in [1.165, 1.54) is 4.90 Å². The van der Waals surface area contributed by atoms with Gasteiger partial charge in [-0.1, -0.05) is 0 Å². The summed E-state index contributed by atoms with van der Waals surface area (Å²) >= 11 is 0. The van der Waals surface area contributed by atoms with Gasteiger partial charge in [-0.05, 0) is 81.0 Å². The van der Waals surface area contributed by atoms with Crippen LogP contribution in [0.4, 0.5) is 54.8 Å². The zero-order valence-electron chi connectivity index (χ0n) is 23.4. The number of methoxy groups -OCH3 is 1. The lowest BCUT2D eigenvalue weighted by Gasteiger charge is -2.44. The molecule has 1 fully saturated rings. The summed E-state index contributed by atoms with van der Waals surface area (Å²) in [6.45, 7) is 2.32. The van der Waals surface area contributed by atoms with E-state index in [0.717, 1.165) is 30.2 Å². The second kappa shape index (κ2) is 11.9. The van der Waals surface area contributed by atoms with Crippen molar-refractivity contribution in [1.29, 1.82) is 0 Å². The van der Waals surface area contributed by atoms with Crippen molar-refractivity contribution in [2.75, 3.05) is 12.0 Å². The second-order valence-corrected chi connectivity index (χ2v) is 10.7. The van der Waals surface area contributed by atoms with Crippen LogP contribution in [-0.4, -0.2) is 42.7 Å². The van der Waals surface area contributed by atoms with Crippen LogP contribution >= 0.6 is 0 Å². The van der Waals surface area contributed by atoms with Gasteiger partial charge in [-0.3, -0.25) is 9.80 Å². The lowest BCUT2D eigenvalue weighted by Crippen LogP contribution is -2.50. The summed E-state index contributed by atoms with van der Waals surface area (Å²) in [7, 11) is 0.931. The number of carbonyl (C=O) groups is 2. The van der Waals surface area contributed by atoms with Crippen molar-refractivity contribution in [3.8, 4) is 5.75 Å². The number of hydrogen-bond acceptors (Lipinski definition) is 5. The van der Waals surface area contributed by atoms with Gasteiger partial charge in [0.25, 0.3) is 0 Å². The molecular weight excluding hydrogens is 615 g/mol. The predicted octanol–water partition coefficient (Wildman–Crippen LogP) is 8.47. The SMILES string of the molecule is COC(=O)N(Cc1cc(C(F)(F)F)cc(C(F)(F)F)c1)C1CC(C2CC2)N(C(=O)OC(C)C)c2ccc(OC(F)(F)F)cc21. The molecule has 0 saturated heterocycles. The van der Waals surface area contributed by atoms with Crippen LogP contribution < -0.4 is 9.64 Å². The van der Waals surface area contributed by atoms with Crippen LogP contribution in [0.25, 0.3) is 0 Å². The van der Waals surface area contributed by atoms with Crippen molar-refractivity contribution in [2.24, 2.45) is 5.92 Å². The van der Waals surface area contributed by atoms with Gasteiger partial charge in [0.1, 0.15) is 5.75 Å². The van der Waals surface area contributed by atoms with Crippen LogP contribution in [0.3, 0.4) is 0 Å². The number of rotatable bonds is 6. The summed E-state index contributed by atoms with van der Waals surface area (Å²) in [6.07, 6.45) is -16.9. The Morgan fingerprint density at radius 1 is 0.932 bits per heavy atom. The van der Waals surface area contributed by atoms with Gasteiger partial charge in [-0.25, -0.2) is 9.59 Å². The molecule has 0 aromatic heterocycles. The number of fused-ring (bicyclic) bond motifs is 1. The summed E-state index contributed by atoms with van der Waals surface area (Å²) in [4.78, 5) is 28.4. The molecule has 0 spiro atoms. The lowest BCUT2D eigenvalue weighted by molar-refractivity contribution is -0.274. The quantitative estimate of drug-likeness (QED) is 0.296. The molecule has 2 aromatic carbocycles. The maximum atomic E-state index is 13.6. The molecule has 4 rings (SSSR count). The molecule has 2 aromatic rings. The molecule has 1 heterocycles. The van der Waals surface area contributed by atoms with Crippen molar-refractivity contribution in [3.05, 3.63) is 58.7 Å². The van der Waals surface area contributed by atoms with Gasteiger partial charge in [0.15, 0.2) is 0 Å². The summed E-state index contributed by atoms with van der Waals surface area (Å²) in [6, 6.07) is 1.91. The van der Waals surface area contributed by atoms with E-state index in [2.05, 4.69) is 4.74 Å². The van der Waals surface area contributed by atoms with Crippen LogP contribution in [0.5, 0.6) is 5.75 Å². The number of nitrogens with zero attached hydrogens (tertiary/aromatic N) is 2. The number of halogens is 9. The summed E-state index contributed by atoms with van der Waals surface area (Å²) < 4.78 is 135. The summed E-state index contributed by atoms with van der Waals surface area (Å²) in [5.41, 5.74) is -3.84. The minimum atomic E-state index is -5.16. The molecule has 2 amide bonds. The number of ether oxygens (including phenoxy) is 3. The Kier molecular flexibility index (Phi) is 8.95. The average Bonchev–Trinajstić information content (AvgIpc) is 3.73. The first-order chi connectivity index (χ1) is 20.3. The van der Waals surface area contributed by atoms with Crippen LogP contribution in [0.15, 0.2) is 36.4 Å². The van der Waals surface area contributed by atoms with Crippen LogP contribution in [0.1, 0.15) is 61.4 Å². The zero-order chi connectivity index (χ0) is 32.8. The van der Waals surface area contributed by atoms with Crippen LogP contribution in [-0.2, 0) is 28.4 Å². The first-order valence-electron chi connectivity index (χ1n) is 13.3. The fourth-order valence-corrected chi connectivity index (χ4v) is 5.25. The first kappa shape index (κ1) is 33.1. The number of alkyl halides is 9. The van der Waals surface area contributed by atoms with Crippen molar-refractivity contribution in [1.82, 2.24) is 4.90 Å². The molecule has 16 heteroatoms. The first-order valence-corrected chi connectivity index (χ1v) is 13.3. The topological polar surface area (TPSA) is 68.3 Å². The Balaban J connectivity index is 1.87. The highest BCUT2D eigenvalue weighted by Gasteiger charge is 2.48. The maximum Gasteiger partial charge on any atom is 0.573 e. The van der Waals surface area contributed by atoms with Gasteiger partial charge < -0.3 is 14.2 Å². The third kappa shape index (κ3) is 7.62. The zero-order valence-corrected chi connectivity index (χ0v) is 23.4. The van der Waals surface area contributed by atoms with E-state index in [4.69, 9.17) is 9.47 Å².